The maximum atomic E-state index is 3.18. The molecule has 2 aromatic rings. The highest BCUT2D eigenvalue weighted by Crippen LogP contribution is 2.11. The van der Waals surface area contributed by atoms with Crippen molar-refractivity contribution in [2.24, 2.45) is 7.05 Å². The summed E-state index contributed by atoms with van der Waals surface area (Å²) in [4.78, 5) is 0. The maximum absolute atomic E-state index is 3.18. The molecular weight excluding hydrogens is 122 g/mol. The molecular formula is C9H8N. The van der Waals surface area contributed by atoms with E-state index in [1.165, 1.54) is 10.8 Å². The molecule has 1 aromatic heterocycles. The minimum Gasteiger partial charge on any atom is -0.348 e. The van der Waals surface area contributed by atoms with Gasteiger partial charge in [-0.15, -0.1) is 0 Å². The molecule has 0 bridgehead atoms. The van der Waals surface area contributed by atoms with Gasteiger partial charge in [-0.2, -0.15) is 0 Å². The summed E-state index contributed by atoms with van der Waals surface area (Å²) in [6.45, 7) is 0. The van der Waals surface area contributed by atoms with Crippen LogP contribution in [0.15, 0.2) is 30.5 Å². The third-order valence-corrected chi connectivity index (χ3v) is 1.59. The van der Waals surface area contributed by atoms with Crippen LogP contribution in [0.5, 0.6) is 0 Å². The van der Waals surface area contributed by atoms with Crippen molar-refractivity contribution >= 4 is 10.8 Å². The highest BCUT2D eigenvalue weighted by molar-refractivity contribution is 5.81. The van der Waals surface area contributed by atoms with Crippen LogP contribution in [-0.4, -0.2) is 4.57 Å². The Balaban J connectivity index is 2.88. The SMILES string of the molecule is Cn1[c]c2ccccc2c1. The van der Waals surface area contributed by atoms with Gasteiger partial charge >= 0.3 is 0 Å². The monoisotopic (exact) mass is 130 g/mol. The van der Waals surface area contributed by atoms with Crippen LogP contribution in [0.3, 0.4) is 0 Å². The van der Waals surface area contributed by atoms with E-state index < -0.39 is 0 Å². The molecule has 1 aromatic carbocycles. The molecule has 0 N–H and O–H groups in total. The number of hydrogen-bond donors (Lipinski definition) is 0. The van der Waals surface area contributed by atoms with Gasteiger partial charge in [0.05, 0.1) is 6.20 Å². The fourth-order valence-corrected chi connectivity index (χ4v) is 1.14. The molecule has 0 spiro atoms. The van der Waals surface area contributed by atoms with Gasteiger partial charge in [-0.1, -0.05) is 24.3 Å². The van der Waals surface area contributed by atoms with Gasteiger partial charge < -0.3 is 4.57 Å². The summed E-state index contributed by atoms with van der Waals surface area (Å²) in [5.74, 6) is 0. The molecule has 0 aliphatic heterocycles. The lowest BCUT2D eigenvalue weighted by atomic mass is 10.2. The van der Waals surface area contributed by atoms with Gasteiger partial charge in [-0.05, 0) is 0 Å². The molecule has 1 radical (unpaired) electrons. The summed E-state index contributed by atoms with van der Waals surface area (Å²) < 4.78 is 1.95. The highest BCUT2D eigenvalue weighted by atomic mass is 14.9. The van der Waals surface area contributed by atoms with E-state index in [9.17, 15) is 0 Å². The third kappa shape index (κ3) is 0.711. The van der Waals surface area contributed by atoms with Crippen molar-refractivity contribution in [2.75, 3.05) is 0 Å². The molecule has 0 atom stereocenters. The summed E-state index contributed by atoms with van der Waals surface area (Å²) in [7, 11) is 1.99. The molecule has 2 rings (SSSR count). The Morgan fingerprint density at radius 2 is 2.10 bits per heavy atom. The number of aryl methyl sites for hydroxylation is 1. The second-order valence-corrected chi connectivity index (χ2v) is 2.44. The zero-order valence-electron chi connectivity index (χ0n) is 5.83. The molecule has 1 nitrogen and oxygen atoms in total. The first kappa shape index (κ1) is 5.54. The van der Waals surface area contributed by atoms with E-state index in [2.05, 4.69) is 24.5 Å². The fourth-order valence-electron chi connectivity index (χ4n) is 1.14. The van der Waals surface area contributed by atoms with Gasteiger partial charge in [0, 0.05) is 24.0 Å². The Morgan fingerprint density at radius 1 is 1.30 bits per heavy atom. The standard InChI is InChI=1S/C9H8N/c1-10-6-8-4-2-3-5-9(8)7-10/h2-6H,1H3. The lowest BCUT2D eigenvalue weighted by molar-refractivity contribution is 0.925. The molecule has 0 aliphatic carbocycles. The molecule has 0 saturated heterocycles. The van der Waals surface area contributed by atoms with Crippen molar-refractivity contribution in [1.82, 2.24) is 4.57 Å². The smallest absolute Gasteiger partial charge is 0.0731 e. The van der Waals surface area contributed by atoms with Crippen LogP contribution in [0, 0.1) is 6.20 Å². The average molecular weight is 130 g/mol. The van der Waals surface area contributed by atoms with Gasteiger partial charge in [0.15, 0.2) is 0 Å². The summed E-state index contributed by atoms with van der Waals surface area (Å²) in [5, 5.41) is 2.44. The Morgan fingerprint density at radius 3 is 2.90 bits per heavy atom. The molecule has 1 heteroatoms. The summed E-state index contributed by atoms with van der Waals surface area (Å²) >= 11 is 0. The van der Waals surface area contributed by atoms with Crippen LogP contribution in [0.4, 0.5) is 0 Å². The van der Waals surface area contributed by atoms with Crippen molar-refractivity contribution in [3.63, 3.8) is 0 Å². The van der Waals surface area contributed by atoms with Crippen LogP contribution >= 0.6 is 0 Å². The highest BCUT2D eigenvalue weighted by Gasteiger charge is 1.92. The van der Waals surface area contributed by atoms with E-state index in [1.807, 2.05) is 23.7 Å². The van der Waals surface area contributed by atoms with Gasteiger partial charge in [0.2, 0.25) is 0 Å². The average Bonchev–Trinajstić information content (AvgIpc) is 2.27. The normalized spacial score (nSPS) is 10.5. The summed E-state index contributed by atoms with van der Waals surface area (Å²) in [6, 6.07) is 8.22. The number of benzene rings is 1. The predicted molar refractivity (Wildman–Crippen MR) is 41.8 cm³/mol. The third-order valence-electron chi connectivity index (χ3n) is 1.59. The van der Waals surface area contributed by atoms with Crippen molar-refractivity contribution in [3.8, 4) is 0 Å². The number of fused-ring (bicyclic) bond motifs is 1. The van der Waals surface area contributed by atoms with Crippen LogP contribution in [0.25, 0.3) is 10.8 Å². The second-order valence-electron chi connectivity index (χ2n) is 2.44. The van der Waals surface area contributed by atoms with Crippen molar-refractivity contribution in [3.05, 3.63) is 36.7 Å². The maximum Gasteiger partial charge on any atom is 0.0731 e. The summed E-state index contributed by atoms with van der Waals surface area (Å²) in [5.41, 5.74) is 0. The minimum absolute atomic E-state index is 1.19. The van der Waals surface area contributed by atoms with E-state index in [1.54, 1.807) is 0 Å². The van der Waals surface area contributed by atoms with Crippen LogP contribution < -0.4 is 0 Å². The Kier molecular flexibility index (Phi) is 1.04. The number of nitrogens with zero attached hydrogens (tertiary/aromatic N) is 1. The first-order valence-corrected chi connectivity index (χ1v) is 3.30. The van der Waals surface area contributed by atoms with E-state index in [-0.39, 0.29) is 0 Å². The van der Waals surface area contributed by atoms with Crippen molar-refractivity contribution in [1.29, 1.82) is 0 Å². The van der Waals surface area contributed by atoms with Crippen LogP contribution in [-0.2, 0) is 7.05 Å². The number of aromatic nitrogens is 1. The second kappa shape index (κ2) is 1.87. The van der Waals surface area contributed by atoms with Gasteiger partial charge in [-0.25, -0.2) is 0 Å². The van der Waals surface area contributed by atoms with Gasteiger partial charge in [0.1, 0.15) is 0 Å². The van der Waals surface area contributed by atoms with Crippen LogP contribution in [0.1, 0.15) is 0 Å². The Labute approximate surface area is 59.9 Å². The lowest BCUT2D eigenvalue weighted by Crippen LogP contribution is -1.77. The largest absolute Gasteiger partial charge is 0.348 e. The molecule has 0 saturated carbocycles. The Bertz CT molecular complexity index is 313. The lowest BCUT2D eigenvalue weighted by Gasteiger charge is -1.81. The number of hydrogen-bond acceptors (Lipinski definition) is 0. The fraction of sp³-hybridized carbons (Fsp3) is 0.111. The first-order chi connectivity index (χ1) is 4.86. The van der Waals surface area contributed by atoms with E-state index in [4.69, 9.17) is 0 Å². The van der Waals surface area contributed by atoms with E-state index in [0.717, 1.165) is 0 Å². The molecule has 0 fully saturated rings. The predicted octanol–water partition coefficient (Wildman–Crippen LogP) is 1.98. The molecule has 0 aliphatic rings. The molecule has 0 amide bonds. The molecule has 1 heterocycles. The van der Waals surface area contributed by atoms with Crippen molar-refractivity contribution < 1.29 is 0 Å². The molecule has 49 valence electrons. The topological polar surface area (TPSA) is 4.93 Å². The zero-order valence-corrected chi connectivity index (χ0v) is 5.83. The zero-order chi connectivity index (χ0) is 6.97. The first-order valence-electron chi connectivity index (χ1n) is 3.30. The van der Waals surface area contributed by atoms with Crippen LogP contribution in [0.2, 0.25) is 0 Å². The number of rotatable bonds is 0. The van der Waals surface area contributed by atoms with Gasteiger partial charge in [0.25, 0.3) is 0 Å². The molecule has 10 heavy (non-hydrogen) atoms. The van der Waals surface area contributed by atoms with E-state index in [0.29, 0.717) is 0 Å². The quantitative estimate of drug-likeness (QED) is 0.514. The van der Waals surface area contributed by atoms with E-state index >= 15 is 0 Å². The summed E-state index contributed by atoms with van der Waals surface area (Å²) in [6.07, 6.45) is 5.24. The van der Waals surface area contributed by atoms with Crippen molar-refractivity contribution in [2.45, 2.75) is 0 Å². The minimum atomic E-state index is 1.19. The Hall–Kier alpha value is -1.24. The van der Waals surface area contributed by atoms with Gasteiger partial charge in [-0.3, -0.25) is 0 Å². The molecule has 0 unspecified atom stereocenters.